The number of hydrogen-bond donors (Lipinski definition) is 1. The zero-order valence-electron chi connectivity index (χ0n) is 15.4. The van der Waals surface area contributed by atoms with Gasteiger partial charge in [-0.1, -0.05) is 19.8 Å². The third-order valence-electron chi connectivity index (χ3n) is 4.64. The van der Waals surface area contributed by atoms with Crippen molar-refractivity contribution in [3.05, 3.63) is 27.7 Å². The number of nitrogens with one attached hydrogen (secondary N) is 1. The Morgan fingerprint density at radius 1 is 1.37 bits per heavy atom. The summed E-state index contributed by atoms with van der Waals surface area (Å²) in [5, 5.41) is 21.1. The summed E-state index contributed by atoms with van der Waals surface area (Å²) in [5.41, 5.74) is 0.652. The normalized spacial score (nSPS) is 19.5. The Bertz CT molecular complexity index is 808. The van der Waals surface area contributed by atoms with Crippen LogP contribution in [0.5, 0.6) is 11.5 Å². The Morgan fingerprint density at radius 2 is 2.11 bits per heavy atom. The van der Waals surface area contributed by atoms with Gasteiger partial charge in [-0.3, -0.25) is 4.79 Å². The number of methoxy groups -OCH3 is 1. The van der Waals surface area contributed by atoms with E-state index >= 15 is 0 Å². The maximum Gasteiger partial charge on any atom is 0.262 e. The molecule has 1 aliphatic rings. The molecule has 0 aromatic heterocycles. The Balaban J connectivity index is 2.23. The number of halogens is 1. The molecule has 0 aliphatic heterocycles. The Morgan fingerprint density at radius 3 is 2.74 bits per heavy atom. The third-order valence-corrected chi connectivity index (χ3v) is 5.23. The Labute approximate surface area is 167 Å². The van der Waals surface area contributed by atoms with Gasteiger partial charge in [0.25, 0.3) is 5.91 Å². The Hall–Kier alpha value is -2.51. The molecule has 1 aliphatic carbocycles. The van der Waals surface area contributed by atoms with Crippen molar-refractivity contribution < 1.29 is 14.3 Å². The second-order valence-electron chi connectivity index (χ2n) is 6.49. The SMILES string of the molecule is COc1cc(/C=C(\C#N)C(=O)N[C@@H]2CCCC[C@H]2C)cc(Br)c1OCC#N. The van der Waals surface area contributed by atoms with E-state index in [0.717, 1.165) is 19.3 Å². The fourth-order valence-corrected chi connectivity index (χ4v) is 3.73. The van der Waals surface area contributed by atoms with Gasteiger partial charge in [-0.05, 0) is 58.5 Å². The second-order valence-corrected chi connectivity index (χ2v) is 7.35. The zero-order chi connectivity index (χ0) is 19.8. The number of hydrogen-bond acceptors (Lipinski definition) is 5. The van der Waals surface area contributed by atoms with E-state index in [1.807, 2.05) is 12.1 Å². The highest BCUT2D eigenvalue weighted by Crippen LogP contribution is 2.37. The van der Waals surface area contributed by atoms with Crippen molar-refractivity contribution in [3.8, 4) is 23.6 Å². The maximum atomic E-state index is 12.5. The minimum absolute atomic E-state index is 0.0346. The van der Waals surface area contributed by atoms with Gasteiger partial charge >= 0.3 is 0 Å². The number of rotatable bonds is 6. The predicted molar refractivity (Wildman–Crippen MR) is 105 cm³/mol. The molecular weight excluding hydrogens is 410 g/mol. The summed E-state index contributed by atoms with van der Waals surface area (Å²) >= 11 is 3.38. The van der Waals surface area contributed by atoms with E-state index in [9.17, 15) is 10.1 Å². The van der Waals surface area contributed by atoms with Crippen LogP contribution in [0.4, 0.5) is 0 Å². The van der Waals surface area contributed by atoms with E-state index < -0.39 is 0 Å². The van der Waals surface area contributed by atoms with Crippen LogP contribution in [0, 0.1) is 28.6 Å². The molecule has 0 spiro atoms. The quantitative estimate of drug-likeness (QED) is 0.542. The van der Waals surface area contributed by atoms with Crippen LogP contribution >= 0.6 is 15.9 Å². The van der Waals surface area contributed by atoms with E-state index in [1.165, 1.54) is 19.6 Å². The van der Waals surface area contributed by atoms with Crippen molar-refractivity contribution in [1.82, 2.24) is 5.32 Å². The predicted octanol–water partition coefficient (Wildman–Crippen LogP) is 3.96. The molecule has 142 valence electrons. The summed E-state index contributed by atoms with van der Waals surface area (Å²) in [7, 11) is 1.48. The van der Waals surface area contributed by atoms with Crippen LogP contribution in [-0.4, -0.2) is 25.7 Å². The summed E-state index contributed by atoms with van der Waals surface area (Å²) in [6.07, 6.45) is 5.82. The van der Waals surface area contributed by atoms with Gasteiger partial charge in [0, 0.05) is 6.04 Å². The summed E-state index contributed by atoms with van der Waals surface area (Å²) in [6.45, 7) is 2.01. The number of amides is 1. The molecule has 1 aromatic rings. The lowest BCUT2D eigenvalue weighted by Crippen LogP contribution is -2.41. The first-order chi connectivity index (χ1) is 13.0. The van der Waals surface area contributed by atoms with Gasteiger partial charge in [-0.15, -0.1) is 0 Å². The van der Waals surface area contributed by atoms with E-state index in [1.54, 1.807) is 12.1 Å². The van der Waals surface area contributed by atoms with Crippen molar-refractivity contribution in [2.24, 2.45) is 5.92 Å². The second kappa shape index (κ2) is 9.99. The molecule has 0 unspecified atom stereocenters. The molecule has 0 radical (unpaired) electrons. The van der Waals surface area contributed by atoms with Gasteiger partial charge in [0.2, 0.25) is 0 Å². The minimum Gasteiger partial charge on any atom is -0.493 e. The topological polar surface area (TPSA) is 95.1 Å². The fraction of sp³-hybridized carbons (Fsp3) is 0.450. The molecule has 1 saturated carbocycles. The molecule has 7 heteroatoms. The first-order valence-electron chi connectivity index (χ1n) is 8.80. The number of carbonyl (C=O) groups excluding carboxylic acids is 1. The van der Waals surface area contributed by atoms with Crippen molar-refractivity contribution in [2.75, 3.05) is 13.7 Å². The summed E-state index contributed by atoms with van der Waals surface area (Å²) in [6, 6.07) is 7.35. The standard InChI is InChI=1S/C20H22BrN3O3/c1-13-5-3-4-6-17(13)24-20(25)15(12-23)9-14-10-16(21)19(27-8-7-22)18(11-14)26-2/h9-11,13,17H,3-6,8H2,1-2H3,(H,24,25)/b15-9+/t13-,17-/m1/s1. The minimum atomic E-state index is -0.365. The number of ether oxygens (including phenoxy) is 2. The highest BCUT2D eigenvalue weighted by atomic mass is 79.9. The van der Waals surface area contributed by atoms with Gasteiger partial charge in [-0.2, -0.15) is 10.5 Å². The van der Waals surface area contributed by atoms with Crippen LogP contribution in [0.1, 0.15) is 38.2 Å². The van der Waals surface area contributed by atoms with E-state index in [4.69, 9.17) is 14.7 Å². The maximum absolute atomic E-state index is 12.5. The third kappa shape index (κ3) is 5.48. The van der Waals surface area contributed by atoms with E-state index in [0.29, 0.717) is 27.5 Å². The first-order valence-corrected chi connectivity index (χ1v) is 9.59. The van der Waals surface area contributed by atoms with Gasteiger partial charge in [0.15, 0.2) is 18.1 Å². The largest absolute Gasteiger partial charge is 0.493 e. The average molecular weight is 432 g/mol. The van der Waals surface area contributed by atoms with E-state index in [2.05, 4.69) is 28.2 Å². The van der Waals surface area contributed by atoms with Crippen LogP contribution in [0.25, 0.3) is 6.08 Å². The molecule has 6 nitrogen and oxygen atoms in total. The van der Waals surface area contributed by atoms with Gasteiger partial charge in [-0.25, -0.2) is 0 Å². The van der Waals surface area contributed by atoms with Crippen molar-refractivity contribution in [2.45, 2.75) is 38.6 Å². The summed E-state index contributed by atoms with van der Waals surface area (Å²) < 4.78 is 11.2. The molecule has 27 heavy (non-hydrogen) atoms. The van der Waals surface area contributed by atoms with Crippen LogP contribution in [0.3, 0.4) is 0 Å². The lowest BCUT2D eigenvalue weighted by molar-refractivity contribution is -0.118. The van der Waals surface area contributed by atoms with Gasteiger partial charge < -0.3 is 14.8 Å². The lowest BCUT2D eigenvalue weighted by atomic mass is 9.86. The molecule has 2 atom stereocenters. The van der Waals surface area contributed by atoms with E-state index in [-0.39, 0.29) is 24.1 Å². The van der Waals surface area contributed by atoms with Crippen LogP contribution in [0.15, 0.2) is 22.2 Å². The highest BCUT2D eigenvalue weighted by molar-refractivity contribution is 9.10. The molecule has 1 amide bonds. The molecule has 0 saturated heterocycles. The van der Waals surface area contributed by atoms with Crippen LogP contribution in [-0.2, 0) is 4.79 Å². The lowest BCUT2D eigenvalue weighted by Gasteiger charge is -2.29. The number of nitrogens with zero attached hydrogens (tertiary/aromatic N) is 2. The smallest absolute Gasteiger partial charge is 0.262 e. The molecule has 0 heterocycles. The molecule has 1 aromatic carbocycles. The molecule has 2 rings (SSSR count). The molecule has 0 bridgehead atoms. The average Bonchev–Trinajstić information content (AvgIpc) is 2.66. The molecule has 1 N–H and O–H groups in total. The summed E-state index contributed by atoms with van der Waals surface area (Å²) in [4.78, 5) is 12.5. The van der Waals surface area contributed by atoms with Gasteiger partial charge in [0.1, 0.15) is 17.7 Å². The molecule has 1 fully saturated rings. The van der Waals surface area contributed by atoms with Crippen LogP contribution in [0.2, 0.25) is 0 Å². The summed E-state index contributed by atoms with van der Waals surface area (Å²) in [5.74, 6) is 0.851. The number of carbonyl (C=O) groups is 1. The Kier molecular flexibility index (Phi) is 7.69. The highest BCUT2D eigenvalue weighted by Gasteiger charge is 2.24. The number of benzene rings is 1. The van der Waals surface area contributed by atoms with Crippen molar-refractivity contribution >= 4 is 27.9 Å². The number of nitriles is 2. The van der Waals surface area contributed by atoms with Gasteiger partial charge in [0.05, 0.1) is 11.6 Å². The van der Waals surface area contributed by atoms with Crippen LogP contribution < -0.4 is 14.8 Å². The molecular formula is C20H22BrN3O3. The fourth-order valence-electron chi connectivity index (χ4n) is 3.16. The first kappa shape index (κ1) is 20.8. The van der Waals surface area contributed by atoms with Crippen molar-refractivity contribution in [1.29, 1.82) is 10.5 Å². The van der Waals surface area contributed by atoms with Crippen molar-refractivity contribution in [3.63, 3.8) is 0 Å². The zero-order valence-corrected chi connectivity index (χ0v) is 17.0. The monoisotopic (exact) mass is 431 g/mol.